The van der Waals surface area contributed by atoms with Gasteiger partial charge >= 0.3 is 5.97 Å². The zero-order valence-electron chi connectivity index (χ0n) is 11.5. The van der Waals surface area contributed by atoms with Crippen molar-refractivity contribution in [3.63, 3.8) is 0 Å². The van der Waals surface area contributed by atoms with E-state index in [9.17, 15) is 9.90 Å². The fraction of sp³-hybridized carbons (Fsp3) is 0.533. The molecule has 0 aliphatic heterocycles. The highest BCUT2D eigenvalue weighted by Crippen LogP contribution is 2.51. The molecule has 0 heterocycles. The van der Waals surface area contributed by atoms with Crippen LogP contribution in [-0.4, -0.2) is 25.2 Å². The van der Waals surface area contributed by atoms with Gasteiger partial charge < -0.3 is 10.0 Å². The second-order valence-electron chi connectivity index (χ2n) is 5.71. The number of carboxylic acid groups (broad SMARTS) is 1. The summed E-state index contributed by atoms with van der Waals surface area (Å²) in [6.07, 6.45) is 1.51. The lowest BCUT2D eigenvalue weighted by Crippen LogP contribution is -2.23. The molecule has 0 saturated heterocycles. The Balaban J connectivity index is 2.55. The number of anilines is 1. The van der Waals surface area contributed by atoms with E-state index in [0.29, 0.717) is 5.92 Å². The van der Waals surface area contributed by atoms with Crippen molar-refractivity contribution >= 4 is 11.7 Å². The van der Waals surface area contributed by atoms with E-state index in [-0.39, 0.29) is 0 Å². The van der Waals surface area contributed by atoms with Gasteiger partial charge in [-0.25, -0.2) is 0 Å². The monoisotopic (exact) mass is 247 g/mol. The van der Waals surface area contributed by atoms with Crippen LogP contribution in [0.5, 0.6) is 0 Å². The van der Waals surface area contributed by atoms with Gasteiger partial charge in [0.1, 0.15) is 0 Å². The Hall–Kier alpha value is -1.51. The number of carboxylic acids is 1. The van der Waals surface area contributed by atoms with E-state index in [0.717, 1.165) is 24.1 Å². The number of rotatable bonds is 4. The van der Waals surface area contributed by atoms with Crippen LogP contribution < -0.4 is 4.90 Å². The summed E-state index contributed by atoms with van der Waals surface area (Å²) in [6.45, 7) is 4.27. The molecule has 0 spiro atoms. The van der Waals surface area contributed by atoms with Crippen LogP contribution >= 0.6 is 0 Å². The SMILES string of the molecule is CC(C)c1ccc(N(C)C)c(C2(C(=O)O)CC2)c1. The minimum Gasteiger partial charge on any atom is -0.481 e. The van der Waals surface area contributed by atoms with E-state index in [1.807, 2.05) is 25.1 Å². The maximum atomic E-state index is 11.5. The fourth-order valence-corrected chi connectivity index (χ4v) is 2.41. The number of carbonyl (C=O) groups is 1. The van der Waals surface area contributed by atoms with E-state index < -0.39 is 11.4 Å². The summed E-state index contributed by atoms with van der Waals surface area (Å²) < 4.78 is 0. The lowest BCUT2D eigenvalue weighted by atomic mass is 9.89. The predicted molar refractivity (Wildman–Crippen MR) is 73.4 cm³/mol. The van der Waals surface area contributed by atoms with E-state index in [4.69, 9.17) is 0 Å². The third-order valence-electron chi connectivity index (χ3n) is 3.84. The van der Waals surface area contributed by atoms with Crippen molar-refractivity contribution in [1.29, 1.82) is 0 Å². The Kier molecular flexibility index (Phi) is 3.09. The molecule has 0 atom stereocenters. The van der Waals surface area contributed by atoms with Gasteiger partial charge in [0.15, 0.2) is 0 Å². The van der Waals surface area contributed by atoms with Crippen molar-refractivity contribution in [2.75, 3.05) is 19.0 Å². The molecule has 1 aliphatic carbocycles. The highest BCUT2D eigenvalue weighted by molar-refractivity contribution is 5.87. The summed E-state index contributed by atoms with van der Waals surface area (Å²) >= 11 is 0. The molecular weight excluding hydrogens is 226 g/mol. The number of hydrogen-bond donors (Lipinski definition) is 1. The van der Waals surface area contributed by atoms with Crippen LogP contribution in [0.2, 0.25) is 0 Å². The van der Waals surface area contributed by atoms with Crippen molar-refractivity contribution in [2.24, 2.45) is 0 Å². The number of aliphatic carboxylic acids is 1. The molecule has 0 radical (unpaired) electrons. The summed E-state index contributed by atoms with van der Waals surface area (Å²) in [4.78, 5) is 13.5. The molecule has 1 saturated carbocycles. The Morgan fingerprint density at radius 1 is 1.33 bits per heavy atom. The first-order chi connectivity index (χ1) is 8.38. The number of nitrogens with zero attached hydrogens (tertiary/aromatic N) is 1. The maximum absolute atomic E-state index is 11.5. The van der Waals surface area contributed by atoms with Gasteiger partial charge in [0.05, 0.1) is 5.41 Å². The summed E-state index contributed by atoms with van der Waals surface area (Å²) in [5.41, 5.74) is 2.58. The van der Waals surface area contributed by atoms with Crippen LogP contribution in [0, 0.1) is 0 Å². The molecular formula is C15H21NO2. The fourth-order valence-electron chi connectivity index (χ4n) is 2.41. The molecule has 1 aliphatic rings. The van der Waals surface area contributed by atoms with Gasteiger partial charge in [-0.2, -0.15) is 0 Å². The smallest absolute Gasteiger partial charge is 0.314 e. The molecule has 0 bridgehead atoms. The molecule has 1 fully saturated rings. The van der Waals surface area contributed by atoms with Gasteiger partial charge in [0.2, 0.25) is 0 Å². The molecule has 3 nitrogen and oxygen atoms in total. The highest BCUT2D eigenvalue weighted by atomic mass is 16.4. The van der Waals surface area contributed by atoms with Crippen LogP contribution in [0.4, 0.5) is 5.69 Å². The average Bonchev–Trinajstić information content (AvgIpc) is 3.09. The van der Waals surface area contributed by atoms with E-state index in [1.165, 1.54) is 5.56 Å². The summed E-state index contributed by atoms with van der Waals surface area (Å²) in [7, 11) is 3.93. The second-order valence-corrected chi connectivity index (χ2v) is 5.71. The Morgan fingerprint density at radius 3 is 2.33 bits per heavy atom. The minimum absolute atomic E-state index is 0.421. The molecule has 1 N–H and O–H groups in total. The molecule has 0 aromatic heterocycles. The Morgan fingerprint density at radius 2 is 1.94 bits per heavy atom. The van der Waals surface area contributed by atoms with Gasteiger partial charge in [-0.1, -0.05) is 26.0 Å². The standard InChI is InChI=1S/C15H21NO2/c1-10(2)11-5-6-13(16(3)4)12(9-11)15(7-8-15)14(17)18/h5-6,9-10H,7-8H2,1-4H3,(H,17,18). The third kappa shape index (κ3) is 1.98. The van der Waals surface area contributed by atoms with Crippen LogP contribution in [0.1, 0.15) is 43.7 Å². The Bertz CT molecular complexity index is 473. The molecule has 98 valence electrons. The quantitative estimate of drug-likeness (QED) is 0.889. The molecule has 18 heavy (non-hydrogen) atoms. The first-order valence-corrected chi connectivity index (χ1v) is 6.43. The van der Waals surface area contributed by atoms with Gasteiger partial charge in [0, 0.05) is 19.8 Å². The van der Waals surface area contributed by atoms with Gasteiger partial charge in [-0.15, -0.1) is 0 Å². The molecule has 3 heteroatoms. The minimum atomic E-state index is -0.688. The summed E-state index contributed by atoms with van der Waals surface area (Å²) in [5, 5.41) is 9.47. The van der Waals surface area contributed by atoms with Crippen LogP contribution in [0.25, 0.3) is 0 Å². The normalized spacial score (nSPS) is 16.7. The molecule has 0 amide bonds. The molecule has 1 aromatic carbocycles. The lowest BCUT2D eigenvalue weighted by molar-refractivity contribution is -0.140. The highest BCUT2D eigenvalue weighted by Gasteiger charge is 2.53. The largest absolute Gasteiger partial charge is 0.481 e. The van der Waals surface area contributed by atoms with Crippen LogP contribution in [0.3, 0.4) is 0 Å². The summed E-state index contributed by atoms with van der Waals surface area (Å²) in [5.74, 6) is -0.268. The Labute approximate surface area is 108 Å². The van der Waals surface area contributed by atoms with Gasteiger partial charge in [0.25, 0.3) is 0 Å². The van der Waals surface area contributed by atoms with Crippen LogP contribution in [0.15, 0.2) is 18.2 Å². The summed E-state index contributed by atoms with van der Waals surface area (Å²) in [6, 6.07) is 6.23. The maximum Gasteiger partial charge on any atom is 0.314 e. The second kappa shape index (κ2) is 4.30. The van der Waals surface area contributed by atoms with E-state index >= 15 is 0 Å². The van der Waals surface area contributed by atoms with Crippen molar-refractivity contribution < 1.29 is 9.90 Å². The van der Waals surface area contributed by atoms with Gasteiger partial charge in [-0.05, 0) is 36.0 Å². The lowest BCUT2D eigenvalue weighted by Gasteiger charge is -2.23. The van der Waals surface area contributed by atoms with Crippen molar-refractivity contribution in [2.45, 2.75) is 38.0 Å². The first kappa shape index (κ1) is 12.9. The van der Waals surface area contributed by atoms with Crippen molar-refractivity contribution in [3.8, 4) is 0 Å². The molecule has 2 rings (SSSR count). The van der Waals surface area contributed by atoms with Crippen molar-refractivity contribution in [1.82, 2.24) is 0 Å². The topological polar surface area (TPSA) is 40.5 Å². The third-order valence-corrected chi connectivity index (χ3v) is 3.84. The average molecular weight is 247 g/mol. The first-order valence-electron chi connectivity index (χ1n) is 6.43. The molecule has 0 unspecified atom stereocenters. The zero-order valence-corrected chi connectivity index (χ0v) is 11.5. The van der Waals surface area contributed by atoms with Crippen molar-refractivity contribution in [3.05, 3.63) is 29.3 Å². The van der Waals surface area contributed by atoms with E-state index in [1.54, 1.807) is 0 Å². The van der Waals surface area contributed by atoms with Crippen LogP contribution in [-0.2, 0) is 10.2 Å². The van der Waals surface area contributed by atoms with E-state index in [2.05, 4.69) is 26.0 Å². The number of benzene rings is 1. The molecule has 1 aromatic rings. The predicted octanol–water partition coefficient (Wildman–Crippen LogP) is 2.99. The number of hydrogen-bond acceptors (Lipinski definition) is 2. The zero-order chi connectivity index (χ0) is 13.5. The van der Waals surface area contributed by atoms with Gasteiger partial charge in [-0.3, -0.25) is 4.79 Å².